The summed E-state index contributed by atoms with van der Waals surface area (Å²) in [7, 11) is 0. The SMILES string of the molecule is C[C@]12CC[C@H]3[C@@H](C/C(=C\O)C4=CC(=O)CC[C@@H]43)[C@@H]1[C@@H]1C[C@@H]1[C@@H]2C#N. The predicted molar refractivity (Wildman–Crippen MR) is 89.7 cm³/mol. The highest BCUT2D eigenvalue weighted by atomic mass is 16.2. The number of nitriles is 1. The first-order valence-electron chi connectivity index (χ1n) is 9.56. The number of allylic oxidation sites excluding steroid dienone is 2. The predicted octanol–water partition coefficient (Wildman–Crippen LogP) is 4.18. The normalized spacial score (nSPS) is 53.3. The number of aliphatic hydroxyl groups excluding tert-OH is 1. The number of fused-ring (bicyclic) bond motifs is 7. The lowest BCUT2D eigenvalue weighted by Gasteiger charge is -2.54. The summed E-state index contributed by atoms with van der Waals surface area (Å²) in [4.78, 5) is 11.9. The van der Waals surface area contributed by atoms with Gasteiger partial charge in [-0.3, -0.25) is 4.79 Å². The minimum Gasteiger partial charge on any atom is -0.515 e. The molecule has 0 aliphatic heterocycles. The molecule has 5 aliphatic rings. The summed E-state index contributed by atoms with van der Waals surface area (Å²) in [6.45, 7) is 2.37. The summed E-state index contributed by atoms with van der Waals surface area (Å²) in [5.74, 6) is 4.14. The first-order chi connectivity index (χ1) is 11.6. The Morgan fingerprint density at radius 3 is 2.88 bits per heavy atom. The van der Waals surface area contributed by atoms with E-state index < -0.39 is 0 Å². The number of hydrogen-bond donors (Lipinski definition) is 1. The van der Waals surface area contributed by atoms with Crippen LogP contribution in [-0.4, -0.2) is 10.9 Å². The standard InChI is InChI=1S/C21H25NO2/c1-21-5-4-14-13-3-2-12(24)7-15(13)11(10-23)6-17(14)20(21)18-8-16(18)19(21)9-22/h7,10,13-14,16-20,23H,2-6,8H2,1H3/b11-10+/t13-,14-,16+,17-,18-,19+,20-,21-/m1/s1. The highest BCUT2D eigenvalue weighted by Gasteiger charge is 2.69. The van der Waals surface area contributed by atoms with E-state index in [0.29, 0.717) is 36.0 Å². The summed E-state index contributed by atoms with van der Waals surface area (Å²) >= 11 is 0. The lowest BCUT2D eigenvalue weighted by molar-refractivity contribution is -0.115. The maximum Gasteiger partial charge on any atom is 0.156 e. The first-order valence-corrected chi connectivity index (χ1v) is 9.56. The second kappa shape index (κ2) is 4.75. The molecule has 0 aromatic rings. The third-order valence-electron chi connectivity index (χ3n) is 8.34. The largest absolute Gasteiger partial charge is 0.515 e. The molecule has 4 fully saturated rings. The minimum atomic E-state index is 0.176. The number of hydrogen-bond acceptors (Lipinski definition) is 3. The monoisotopic (exact) mass is 323 g/mol. The number of ketones is 1. The Bertz CT molecular complexity index is 714. The van der Waals surface area contributed by atoms with Gasteiger partial charge in [0.2, 0.25) is 0 Å². The molecule has 0 bridgehead atoms. The number of carbonyl (C=O) groups is 1. The molecular weight excluding hydrogens is 298 g/mol. The molecule has 5 rings (SSSR count). The Hall–Kier alpha value is -1.56. The highest BCUT2D eigenvalue weighted by Crippen LogP contribution is 2.74. The van der Waals surface area contributed by atoms with Gasteiger partial charge < -0.3 is 5.11 Å². The fraction of sp³-hybridized carbons (Fsp3) is 0.714. The van der Waals surface area contributed by atoms with Crippen LogP contribution in [0.25, 0.3) is 0 Å². The average molecular weight is 323 g/mol. The lowest BCUT2D eigenvalue weighted by Crippen LogP contribution is -2.48. The van der Waals surface area contributed by atoms with E-state index in [2.05, 4.69) is 13.0 Å². The van der Waals surface area contributed by atoms with Gasteiger partial charge >= 0.3 is 0 Å². The van der Waals surface area contributed by atoms with Crippen LogP contribution in [0.1, 0.15) is 45.4 Å². The molecule has 8 atom stereocenters. The Morgan fingerprint density at radius 1 is 1.29 bits per heavy atom. The summed E-state index contributed by atoms with van der Waals surface area (Å²) in [5, 5.41) is 19.5. The van der Waals surface area contributed by atoms with E-state index in [1.807, 2.05) is 6.08 Å². The molecule has 0 saturated heterocycles. The molecule has 0 amide bonds. The van der Waals surface area contributed by atoms with Gasteiger partial charge in [-0.15, -0.1) is 0 Å². The zero-order chi connectivity index (χ0) is 16.6. The summed E-state index contributed by atoms with van der Waals surface area (Å²) in [5.41, 5.74) is 2.30. The molecule has 0 unspecified atom stereocenters. The minimum absolute atomic E-state index is 0.176. The van der Waals surface area contributed by atoms with Crippen molar-refractivity contribution >= 4 is 5.78 Å². The average Bonchev–Trinajstić information content (AvgIpc) is 3.28. The van der Waals surface area contributed by atoms with Crippen molar-refractivity contribution in [2.75, 3.05) is 0 Å². The maximum atomic E-state index is 11.9. The van der Waals surface area contributed by atoms with Gasteiger partial charge in [-0.1, -0.05) is 6.92 Å². The Balaban J connectivity index is 1.55. The van der Waals surface area contributed by atoms with Crippen molar-refractivity contribution < 1.29 is 9.90 Å². The van der Waals surface area contributed by atoms with Gasteiger partial charge in [-0.2, -0.15) is 5.26 Å². The van der Waals surface area contributed by atoms with Crippen LogP contribution in [0.3, 0.4) is 0 Å². The third-order valence-corrected chi connectivity index (χ3v) is 8.34. The van der Waals surface area contributed by atoms with Crippen LogP contribution in [0.5, 0.6) is 0 Å². The second-order valence-corrected chi connectivity index (χ2v) is 9.14. The number of carbonyl (C=O) groups excluding carboxylic acids is 1. The Kier molecular flexibility index (Phi) is 2.92. The summed E-state index contributed by atoms with van der Waals surface area (Å²) < 4.78 is 0. The van der Waals surface area contributed by atoms with Gasteiger partial charge in [-0.05, 0) is 90.2 Å². The van der Waals surface area contributed by atoms with Crippen molar-refractivity contribution in [3.63, 3.8) is 0 Å². The molecule has 3 nitrogen and oxygen atoms in total. The van der Waals surface area contributed by atoms with Crippen molar-refractivity contribution in [2.45, 2.75) is 45.4 Å². The zero-order valence-corrected chi connectivity index (χ0v) is 14.2. The fourth-order valence-corrected chi connectivity index (χ4v) is 7.41. The van der Waals surface area contributed by atoms with Crippen molar-refractivity contribution in [3.05, 3.63) is 23.5 Å². The van der Waals surface area contributed by atoms with E-state index in [4.69, 9.17) is 0 Å². The number of nitrogens with zero attached hydrogens (tertiary/aromatic N) is 1. The Morgan fingerprint density at radius 2 is 2.12 bits per heavy atom. The summed E-state index contributed by atoms with van der Waals surface area (Å²) in [6, 6.07) is 2.66. The molecule has 24 heavy (non-hydrogen) atoms. The lowest BCUT2D eigenvalue weighted by atomic mass is 9.49. The molecular formula is C21H25NO2. The van der Waals surface area contributed by atoms with Crippen molar-refractivity contribution in [1.29, 1.82) is 5.26 Å². The topological polar surface area (TPSA) is 61.1 Å². The van der Waals surface area contributed by atoms with Crippen LogP contribution in [-0.2, 0) is 4.79 Å². The van der Waals surface area contributed by atoms with Gasteiger partial charge in [-0.25, -0.2) is 0 Å². The van der Waals surface area contributed by atoms with Crippen LogP contribution in [0, 0.1) is 58.2 Å². The van der Waals surface area contributed by atoms with Gasteiger partial charge in [0.05, 0.1) is 18.2 Å². The third kappa shape index (κ3) is 1.70. The first kappa shape index (κ1) is 14.8. The van der Waals surface area contributed by atoms with Crippen LogP contribution in [0.2, 0.25) is 0 Å². The van der Waals surface area contributed by atoms with E-state index >= 15 is 0 Å². The Labute approximate surface area is 143 Å². The van der Waals surface area contributed by atoms with Crippen molar-refractivity contribution in [1.82, 2.24) is 0 Å². The van der Waals surface area contributed by atoms with Gasteiger partial charge in [0.1, 0.15) is 0 Å². The van der Waals surface area contributed by atoms with E-state index in [-0.39, 0.29) is 17.1 Å². The van der Waals surface area contributed by atoms with Crippen molar-refractivity contribution in [3.8, 4) is 6.07 Å². The van der Waals surface area contributed by atoms with Crippen LogP contribution < -0.4 is 0 Å². The second-order valence-electron chi connectivity index (χ2n) is 9.14. The highest BCUT2D eigenvalue weighted by molar-refractivity contribution is 5.92. The van der Waals surface area contributed by atoms with E-state index in [0.717, 1.165) is 29.9 Å². The van der Waals surface area contributed by atoms with Crippen LogP contribution in [0.4, 0.5) is 0 Å². The summed E-state index contributed by atoms with van der Waals surface area (Å²) in [6.07, 6.45) is 9.18. The maximum absolute atomic E-state index is 11.9. The fourth-order valence-electron chi connectivity index (χ4n) is 7.41. The molecule has 1 N–H and O–H groups in total. The molecule has 0 spiro atoms. The molecule has 0 aromatic carbocycles. The number of aliphatic hydroxyl groups is 1. The molecule has 0 aromatic heterocycles. The van der Waals surface area contributed by atoms with Gasteiger partial charge in [0.25, 0.3) is 0 Å². The van der Waals surface area contributed by atoms with Gasteiger partial charge in [0, 0.05) is 6.42 Å². The van der Waals surface area contributed by atoms with E-state index in [9.17, 15) is 15.2 Å². The van der Waals surface area contributed by atoms with Crippen LogP contribution in [0.15, 0.2) is 23.5 Å². The van der Waals surface area contributed by atoms with Crippen molar-refractivity contribution in [2.24, 2.45) is 46.8 Å². The quantitative estimate of drug-likeness (QED) is 0.680. The zero-order valence-electron chi connectivity index (χ0n) is 14.2. The molecule has 0 radical (unpaired) electrons. The molecule has 3 heteroatoms. The molecule has 4 saturated carbocycles. The smallest absolute Gasteiger partial charge is 0.156 e. The van der Waals surface area contributed by atoms with E-state index in [1.165, 1.54) is 25.5 Å². The molecule has 126 valence electrons. The van der Waals surface area contributed by atoms with Crippen LogP contribution >= 0.6 is 0 Å². The molecule has 0 heterocycles. The number of rotatable bonds is 0. The molecule has 5 aliphatic carbocycles. The van der Waals surface area contributed by atoms with E-state index in [1.54, 1.807) is 0 Å². The van der Waals surface area contributed by atoms with Gasteiger partial charge in [0.15, 0.2) is 5.78 Å².